The summed E-state index contributed by atoms with van der Waals surface area (Å²) in [5.41, 5.74) is 0.655. The lowest BCUT2D eigenvalue weighted by molar-refractivity contribution is 0.0697. The Morgan fingerprint density at radius 2 is 2.27 bits per heavy atom. The Morgan fingerprint density at radius 1 is 1.47 bits per heavy atom. The van der Waals surface area contributed by atoms with Crippen molar-refractivity contribution in [3.63, 3.8) is 0 Å². The molecule has 1 aromatic heterocycles. The molecule has 0 saturated carbocycles. The van der Waals surface area contributed by atoms with Gasteiger partial charge in [0, 0.05) is 0 Å². The molecular weight excluding hydrogens is 199 g/mol. The van der Waals surface area contributed by atoms with Gasteiger partial charge in [0.2, 0.25) is 0 Å². The van der Waals surface area contributed by atoms with Crippen LogP contribution in [0.2, 0.25) is 0 Å². The number of hydrogen-bond acceptors (Lipinski definition) is 2. The van der Waals surface area contributed by atoms with Gasteiger partial charge in [0.15, 0.2) is 5.82 Å². The average Bonchev–Trinajstić information content (AvgIpc) is 2.65. The molecule has 0 atom stereocenters. The van der Waals surface area contributed by atoms with E-state index in [4.69, 9.17) is 5.11 Å². The Labute approximate surface area is 84.6 Å². The molecule has 0 bridgehead atoms. The van der Waals surface area contributed by atoms with E-state index in [2.05, 4.69) is 5.10 Å². The van der Waals surface area contributed by atoms with Gasteiger partial charge < -0.3 is 5.11 Å². The smallest absolute Gasteiger partial charge is 0.335 e. The van der Waals surface area contributed by atoms with Crippen LogP contribution in [0, 0.1) is 5.82 Å². The van der Waals surface area contributed by atoms with E-state index in [0.717, 1.165) is 6.20 Å². The molecule has 2 aromatic rings. The minimum atomic E-state index is -1.02. The van der Waals surface area contributed by atoms with Crippen molar-refractivity contribution in [3.8, 4) is 5.69 Å². The summed E-state index contributed by atoms with van der Waals surface area (Å²) in [7, 11) is 0. The molecule has 0 aliphatic heterocycles. The second-order valence-electron chi connectivity index (χ2n) is 2.96. The predicted molar refractivity (Wildman–Crippen MR) is 50.5 cm³/mol. The molecule has 0 aliphatic rings. The van der Waals surface area contributed by atoms with Crippen molar-refractivity contribution in [2.75, 3.05) is 0 Å². The van der Waals surface area contributed by atoms with E-state index >= 15 is 0 Å². The zero-order chi connectivity index (χ0) is 10.8. The number of aromatic nitrogens is 2. The van der Waals surface area contributed by atoms with Crippen LogP contribution in [-0.2, 0) is 0 Å². The van der Waals surface area contributed by atoms with Crippen LogP contribution in [0.3, 0.4) is 0 Å². The molecule has 0 radical (unpaired) electrons. The van der Waals surface area contributed by atoms with Crippen LogP contribution in [0.5, 0.6) is 0 Å². The molecule has 1 aromatic carbocycles. The zero-order valence-electron chi connectivity index (χ0n) is 7.59. The fourth-order valence-electron chi connectivity index (χ4n) is 1.22. The highest BCUT2D eigenvalue weighted by Crippen LogP contribution is 2.10. The number of carboxylic acids is 1. The Hall–Kier alpha value is -2.17. The van der Waals surface area contributed by atoms with Crippen LogP contribution in [-0.4, -0.2) is 20.9 Å². The lowest BCUT2D eigenvalue weighted by Gasteiger charge is -2.01. The topological polar surface area (TPSA) is 55.1 Å². The third-order valence-corrected chi connectivity index (χ3v) is 1.91. The number of nitrogens with zero attached hydrogens (tertiary/aromatic N) is 2. The van der Waals surface area contributed by atoms with Crippen molar-refractivity contribution in [3.05, 3.63) is 48.0 Å². The first kappa shape index (κ1) is 9.39. The summed E-state index contributed by atoms with van der Waals surface area (Å²) in [5, 5.41) is 12.5. The van der Waals surface area contributed by atoms with Crippen molar-refractivity contribution in [2.45, 2.75) is 0 Å². The van der Waals surface area contributed by atoms with Gasteiger partial charge in [-0.05, 0) is 18.2 Å². The lowest BCUT2D eigenvalue weighted by atomic mass is 10.2. The maximum atomic E-state index is 12.7. The summed E-state index contributed by atoms with van der Waals surface area (Å²) in [6.45, 7) is 0. The van der Waals surface area contributed by atoms with Crippen molar-refractivity contribution in [1.29, 1.82) is 0 Å². The van der Waals surface area contributed by atoms with E-state index in [-0.39, 0.29) is 5.56 Å². The predicted octanol–water partition coefficient (Wildman–Crippen LogP) is 1.71. The molecule has 2 rings (SSSR count). The second kappa shape index (κ2) is 3.53. The molecule has 0 spiro atoms. The molecule has 5 heteroatoms. The number of hydrogen-bond donors (Lipinski definition) is 1. The summed E-state index contributed by atoms with van der Waals surface area (Å²) in [4.78, 5) is 10.7. The molecule has 15 heavy (non-hydrogen) atoms. The number of carbonyl (C=O) groups is 1. The van der Waals surface area contributed by atoms with E-state index < -0.39 is 11.8 Å². The van der Waals surface area contributed by atoms with E-state index in [0.29, 0.717) is 5.69 Å². The van der Waals surface area contributed by atoms with Gasteiger partial charge in [-0.1, -0.05) is 6.07 Å². The maximum Gasteiger partial charge on any atom is 0.335 e. The Bertz CT molecular complexity index is 508. The molecule has 1 heterocycles. The number of halogens is 1. The molecule has 0 fully saturated rings. The van der Waals surface area contributed by atoms with Crippen LogP contribution in [0.15, 0.2) is 36.7 Å². The minimum Gasteiger partial charge on any atom is -0.478 e. The molecule has 4 nitrogen and oxygen atoms in total. The molecule has 1 N–H and O–H groups in total. The van der Waals surface area contributed by atoms with E-state index in [1.807, 2.05) is 0 Å². The van der Waals surface area contributed by atoms with Crippen molar-refractivity contribution >= 4 is 5.97 Å². The first-order valence-corrected chi connectivity index (χ1v) is 4.21. The van der Waals surface area contributed by atoms with E-state index in [1.54, 1.807) is 12.1 Å². The molecule has 0 amide bonds. The Balaban J connectivity index is 2.45. The Kier molecular flexibility index (Phi) is 2.21. The molecular formula is C10H7FN2O2. The highest BCUT2D eigenvalue weighted by molar-refractivity contribution is 5.88. The highest BCUT2D eigenvalue weighted by Gasteiger charge is 2.05. The van der Waals surface area contributed by atoms with Gasteiger partial charge in [-0.3, -0.25) is 0 Å². The van der Waals surface area contributed by atoms with Crippen molar-refractivity contribution in [2.24, 2.45) is 0 Å². The number of aromatic carboxylic acids is 1. The maximum absolute atomic E-state index is 12.7. The van der Waals surface area contributed by atoms with Crippen LogP contribution in [0.1, 0.15) is 10.4 Å². The van der Waals surface area contributed by atoms with Crippen molar-refractivity contribution < 1.29 is 14.3 Å². The van der Waals surface area contributed by atoms with E-state index in [9.17, 15) is 9.18 Å². The van der Waals surface area contributed by atoms with Gasteiger partial charge in [-0.2, -0.15) is 5.10 Å². The summed E-state index contributed by atoms with van der Waals surface area (Å²) in [6.07, 6.45) is 2.24. The summed E-state index contributed by atoms with van der Waals surface area (Å²) < 4.78 is 14.0. The molecule has 0 unspecified atom stereocenters. The molecule has 0 aliphatic carbocycles. The molecule has 0 saturated heterocycles. The highest BCUT2D eigenvalue weighted by atomic mass is 19.1. The quantitative estimate of drug-likeness (QED) is 0.813. The van der Waals surface area contributed by atoms with Crippen molar-refractivity contribution in [1.82, 2.24) is 9.78 Å². The first-order chi connectivity index (χ1) is 7.16. The fraction of sp³-hybridized carbons (Fsp3) is 0. The zero-order valence-corrected chi connectivity index (χ0v) is 7.59. The van der Waals surface area contributed by atoms with Gasteiger partial charge in [-0.15, -0.1) is 0 Å². The lowest BCUT2D eigenvalue weighted by Crippen LogP contribution is -1.99. The molecule has 76 valence electrons. The van der Waals surface area contributed by atoms with E-state index in [1.165, 1.54) is 23.0 Å². The second-order valence-corrected chi connectivity index (χ2v) is 2.96. The van der Waals surface area contributed by atoms with Gasteiger partial charge in [0.05, 0.1) is 23.6 Å². The first-order valence-electron chi connectivity index (χ1n) is 4.21. The number of benzene rings is 1. The fourth-order valence-corrected chi connectivity index (χ4v) is 1.22. The number of carboxylic acid groups (broad SMARTS) is 1. The average molecular weight is 206 g/mol. The third-order valence-electron chi connectivity index (χ3n) is 1.91. The normalized spacial score (nSPS) is 10.2. The van der Waals surface area contributed by atoms with Crippen LogP contribution >= 0.6 is 0 Å². The van der Waals surface area contributed by atoms with Gasteiger partial charge >= 0.3 is 5.97 Å². The van der Waals surface area contributed by atoms with Crippen LogP contribution in [0.4, 0.5) is 4.39 Å². The van der Waals surface area contributed by atoms with Gasteiger partial charge in [0.1, 0.15) is 0 Å². The monoisotopic (exact) mass is 206 g/mol. The Morgan fingerprint density at radius 3 is 2.87 bits per heavy atom. The third kappa shape index (κ3) is 1.85. The van der Waals surface area contributed by atoms with Gasteiger partial charge in [-0.25, -0.2) is 13.9 Å². The van der Waals surface area contributed by atoms with Crippen LogP contribution in [0.25, 0.3) is 5.69 Å². The summed E-state index contributed by atoms with van der Waals surface area (Å²) in [6, 6.07) is 6.12. The van der Waals surface area contributed by atoms with Gasteiger partial charge in [0.25, 0.3) is 0 Å². The van der Waals surface area contributed by atoms with Crippen LogP contribution < -0.4 is 0 Å². The standard InChI is InChI=1S/C10H7FN2O2/c11-8-5-12-13(6-8)9-3-1-2-7(4-9)10(14)15/h1-6H,(H,14,15). The largest absolute Gasteiger partial charge is 0.478 e. The SMILES string of the molecule is O=C(O)c1cccc(-n2cc(F)cn2)c1. The summed E-state index contributed by atoms with van der Waals surface area (Å²) >= 11 is 0. The number of rotatable bonds is 2. The minimum absolute atomic E-state index is 0.142. The summed E-state index contributed by atoms with van der Waals surface area (Å²) in [5.74, 6) is -1.49.